The van der Waals surface area contributed by atoms with E-state index in [1.165, 1.54) is 31.2 Å². The predicted octanol–water partition coefficient (Wildman–Crippen LogP) is 4.33. The molecule has 1 aliphatic rings. The Morgan fingerprint density at radius 1 is 1.20 bits per heavy atom. The van der Waals surface area contributed by atoms with E-state index in [1.54, 1.807) is 0 Å². The van der Waals surface area contributed by atoms with E-state index >= 15 is 0 Å². The Morgan fingerprint density at radius 2 is 1.90 bits per heavy atom. The lowest BCUT2D eigenvalue weighted by molar-refractivity contribution is -0.0145. The molecule has 0 saturated heterocycles. The topological polar surface area (TPSA) is 21.3 Å². The van der Waals surface area contributed by atoms with Crippen LogP contribution >= 0.6 is 0 Å². The molecule has 0 unspecified atom stereocenters. The molecule has 1 saturated carbocycles. The van der Waals surface area contributed by atoms with Gasteiger partial charge in [0.05, 0.1) is 0 Å². The summed E-state index contributed by atoms with van der Waals surface area (Å²) in [6.45, 7) is 7.66. The molecule has 0 amide bonds. The van der Waals surface area contributed by atoms with Crippen LogP contribution in [0, 0.1) is 0 Å². The van der Waals surface area contributed by atoms with Gasteiger partial charge in [0.2, 0.25) is 0 Å². The third kappa shape index (κ3) is 4.24. The molecule has 0 spiro atoms. The van der Waals surface area contributed by atoms with Gasteiger partial charge in [-0.1, -0.05) is 39.3 Å². The zero-order valence-electron chi connectivity index (χ0n) is 13.2. The predicted molar refractivity (Wildman–Crippen MR) is 85.4 cm³/mol. The van der Waals surface area contributed by atoms with Crippen molar-refractivity contribution in [3.63, 3.8) is 0 Å². The van der Waals surface area contributed by atoms with E-state index < -0.39 is 0 Å². The molecule has 20 heavy (non-hydrogen) atoms. The third-order valence-electron chi connectivity index (χ3n) is 4.19. The van der Waals surface area contributed by atoms with E-state index in [4.69, 9.17) is 4.74 Å². The highest BCUT2D eigenvalue weighted by molar-refractivity contribution is 5.28. The normalized spacial score (nSPS) is 17.0. The summed E-state index contributed by atoms with van der Waals surface area (Å²) in [7, 11) is 0. The molecule has 0 bridgehead atoms. The molecule has 0 aromatic heterocycles. The van der Waals surface area contributed by atoms with Gasteiger partial charge in [-0.15, -0.1) is 0 Å². The van der Waals surface area contributed by atoms with Crippen LogP contribution in [0.4, 0.5) is 0 Å². The maximum atomic E-state index is 6.31. The first kappa shape index (κ1) is 15.4. The van der Waals surface area contributed by atoms with Crippen molar-refractivity contribution in [2.24, 2.45) is 0 Å². The van der Waals surface area contributed by atoms with Gasteiger partial charge in [0.15, 0.2) is 0 Å². The molecule has 1 aromatic carbocycles. The van der Waals surface area contributed by atoms with E-state index in [-0.39, 0.29) is 5.60 Å². The summed E-state index contributed by atoms with van der Waals surface area (Å²) >= 11 is 0. The second kappa shape index (κ2) is 7.12. The Kier molecular flexibility index (Phi) is 5.47. The maximum absolute atomic E-state index is 6.31. The van der Waals surface area contributed by atoms with Crippen LogP contribution in [0.2, 0.25) is 0 Å². The molecule has 1 aliphatic carbocycles. The molecule has 112 valence electrons. The minimum Gasteiger partial charge on any atom is -0.487 e. The zero-order valence-corrected chi connectivity index (χ0v) is 13.2. The Labute approximate surface area is 123 Å². The fraction of sp³-hybridized carbons (Fsp3) is 0.667. The van der Waals surface area contributed by atoms with Crippen LogP contribution in [0.1, 0.15) is 58.4 Å². The summed E-state index contributed by atoms with van der Waals surface area (Å²) in [6, 6.07) is 9.25. The van der Waals surface area contributed by atoms with E-state index in [0.29, 0.717) is 6.04 Å². The molecule has 1 fully saturated rings. The van der Waals surface area contributed by atoms with Crippen molar-refractivity contribution in [2.45, 2.75) is 70.9 Å². The van der Waals surface area contributed by atoms with E-state index in [1.807, 2.05) is 0 Å². The van der Waals surface area contributed by atoms with Gasteiger partial charge in [-0.25, -0.2) is 0 Å². The van der Waals surface area contributed by atoms with Crippen LogP contribution in [0.3, 0.4) is 0 Å². The zero-order chi connectivity index (χ0) is 14.4. The molecule has 2 nitrogen and oxygen atoms in total. The summed E-state index contributed by atoms with van der Waals surface area (Å²) in [4.78, 5) is 0. The molecule has 0 heterocycles. The first-order valence-electron chi connectivity index (χ1n) is 8.15. The van der Waals surface area contributed by atoms with Gasteiger partial charge in [-0.2, -0.15) is 0 Å². The monoisotopic (exact) mass is 275 g/mol. The molecule has 2 rings (SSSR count). The molecule has 0 radical (unpaired) electrons. The molecule has 1 aromatic rings. The Hall–Kier alpha value is -1.02. The van der Waals surface area contributed by atoms with E-state index in [2.05, 4.69) is 50.4 Å². The quantitative estimate of drug-likeness (QED) is 0.762. The first-order chi connectivity index (χ1) is 9.63. The average Bonchev–Trinajstić information content (AvgIpc) is 2.38. The van der Waals surface area contributed by atoms with E-state index in [0.717, 1.165) is 25.1 Å². The number of rotatable bonds is 8. The number of aryl methyl sites for hydroxylation is 1. The largest absolute Gasteiger partial charge is 0.487 e. The maximum Gasteiger partial charge on any atom is 0.120 e. The lowest BCUT2D eigenvalue weighted by Crippen LogP contribution is -2.45. The van der Waals surface area contributed by atoms with Gasteiger partial charge in [0.1, 0.15) is 11.4 Å². The molecule has 1 N–H and O–H groups in total. The molecular formula is C18H29NO. The highest BCUT2D eigenvalue weighted by Crippen LogP contribution is 2.39. The molecule has 0 aliphatic heterocycles. The summed E-state index contributed by atoms with van der Waals surface area (Å²) in [5, 5.41) is 3.50. The number of ether oxygens (including phenoxy) is 1. The minimum absolute atomic E-state index is 0.0914. The number of benzene rings is 1. The number of nitrogens with one attached hydrogen (secondary N) is 1. The van der Waals surface area contributed by atoms with Crippen molar-refractivity contribution in [3.05, 3.63) is 29.8 Å². The lowest BCUT2D eigenvalue weighted by Gasteiger charge is -2.42. The van der Waals surface area contributed by atoms with Gasteiger partial charge >= 0.3 is 0 Å². The third-order valence-corrected chi connectivity index (χ3v) is 4.19. The van der Waals surface area contributed by atoms with Crippen molar-refractivity contribution < 1.29 is 4.74 Å². The second-order valence-corrected chi connectivity index (χ2v) is 6.39. The molecule has 0 atom stereocenters. The average molecular weight is 275 g/mol. The summed E-state index contributed by atoms with van der Waals surface area (Å²) in [6.07, 6.45) is 7.17. The smallest absolute Gasteiger partial charge is 0.120 e. The second-order valence-electron chi connectivity index (χ2n) is 6.39. The Balaban J connectivity index is 1.88. The van der Waals surface area contributed by atoms with Crippen molar-refractivity contribution in [1.82, 2.24) is 5.32 Å². The Bertz CT molecular complexity index is 392. The molecular weight excluding hydrogens is 246 g/mol. The summed E-state index contributed by atoms with van der Waals surface area (Å²) in [5.74, 6) is 1.04. The highest BCUT2D eigenvalue weighted by atomic mass is 16.5. The number of hydrogen-bond acceptors (Lipinski definition) is 2. The number of hydrogen-bond donors (Lipinski definition) is 1. The lowest BCUT2D eigenvalue weighted by atomic mass is 9.77. The first-order valence-corrected chi connectivity index (χ1v) is 8.15. The fourth-order valence-electron chi connectivity index (χ4n) is 2.83. The van der Waals surface area contributed by atoms with Gasteiger partial charge in [0, 0.05) is 6.04 Å². The van der Waals surface area contributed by atoms with Gasteiger partial charge in [0.25, 0.3) is 0 Å². The van der Waals surface area contributed by atoms with Crippen LogP contribution < -0.4 is 10.1 Å². The van der Waals surface area contributed by atoms with Gasteiger partial charge in [-0.05, 0) is 56.3 Å². The standard InChI is InChI=1S/C18H29NO/c1-4-6-16-7-9-17(10-8-16)20-18(11-5-12-18)13-14-19-15(2)3/h7-10,15,19H,4-6,11-14H2,1-3H3. The van der Waals surface area contributed by atoms with Crippen molar-refractivity contribution in [3.8, 4) is 5.75 Å². The Morgan fingerprint density at radius 3 is 2.40 bits per heavy atom. The van der Waals surface area contributed by atoms with Gasteiger partial charge < -0.3 is 10.1 Å². The highest BCUT2D eigenvalue weighted by Gasteiger charge is 2.38. The van der Waals surface area contributed by atoms with Crippen LogP contribution in [0.5, 0.6) is 5.75 Å². The van der Waals surface area contributed by atoms with Crippen molar-refractivity contribution in [1.29, 1.82) is 0 Å². The van der Waals surface area contributed by atoms with Gasteiger partial charge in [-0.3, -0.25) is 0 Å². The summed E-state index contributed by atoms with van der Waals surface area (Å²) in [5.41, 5.74) is 1.50. The van der Waals surface area contributed by atoms with Crippen LogP contribution in [-0.2, 0) is 6.42 Å². The van der Waals surface area contributed by atoms with Crippen molar-refractivity contribution >= 4 is 0 Å². The molecule has 2 heteroatoms. The SMILES string of the molecule is CCCc1ccc(OC2(CCNC(C)C)CCC2)cc1. The summed E-state index contributed by atoms with van der Waals surface area (Å²) < 4.78 is 6.31. The fourth-order valence-corrected chi connectivity index (χ4v) is 2.83. The van der Waals surface area contributed by atoms with Crippen LogP contribution in [-0.4, -0.2) is 18.2 Å². The van der Waals surface area contributed by atoms with E-state index in [9.17, 15) is 0 Å². The van der Waals surface area contributed by atoms with Crippen LogP contribution in [0.15, 0.2) is 24.3 Å². The van der Waals surface area contributed by atoms with Crippen LogP contribution in [0.25, 0.3) is 0 Å². The minimum atomic E-state index is 0.0914. The van der Waals surface area contributed by atoms with Crippen molar-refractivity contribution in [2.75, 3.05) is 6.54 Å².